The molecule has 6 heteroatoms. The van der Waals surface area contributed by atoms with Crippen LogP contribution in [0.5, 0.6) is 0 Å². The minimum atomic E-state index is -0.457. The fraction of sp³-hybridized carbons (Fsp3) is 0.133. The summed E-state index contributed by atoms with van der Waals surface area (Å²) in [5, 5.41) is 12.1. The van der Waals surface area contributed by atoms with Crippen molar-refractivity contribution in [1.29, 1.82) is 5.26 Å². The first kappa shape index (κ1) is 15.0. The Labute approximate surface area is 130 Å². The number of carbonyl (C=O) groups is 1. The number of nitriles is 1. The van der Waals surface area contributed by atoms with Crippen molar-refractivity contribution in [2.45, 2.75) is 13.3 Å². The summed E-state index contributed by atoms with van der Waals surface area (Å²) in [5.74, 6) is 0.753. The van der Waals surface area contributed by atoms with Crippen molar-refractivity contribution in [3.63, 3.8) is 0 Å². The van der Waals surface area contributed by atoms with E-state index < -0.39 is 5.91 Å². The summed E-state index contributed by atoms with van der Waals surface area (Å²) in [6.45, 7) is 2.01. The zero-order chi connectivity index (χ0) is 15.2. The number of hydrogen-bond acceptors (Lipinski definition) is 4. The van der Waals surface area contributed by atoms with Crippen molar-refractivity contribution in [2.75, 3.05) is 0 Å². The molecule has 0 saturated heterocycles. The van der Waals surface area contributed by atoms with Crippen LogP contribution in [0.4, 0.5) is 0 Å². The van der Waals surface area contributed by atoms with Gasteiger partial charge in [-0.2, -0.15) is 10.4 Å². The average molecular weight is 346 g/mol. The van der Waals surface area contributed by atoms with Crippen molar-refractivity contribution >= 4 is 28.1 Å². The van der Waals surface area contributed by atoms with E-state index in [9.17, 15) is 4.79 Å². The van der Waals surface area contributed by atoms with Gasteiger partial charge in [-0.15, -0.1) is 0 Å². The Morgan fingerprint density at radius 3 is 3.00 bits per heavy atom. The molecule has 0 spiro atoms. The molecule has 0 radical (unpaired) electrons. The summed E-state index contributed by atoms with van der Waals surface area (Å²) in [6.07, 6.45) is 1.16. The third-order valence-corrected chi connectivity index (χ3v) is 3.29. The van der Waals surface area contributed by atoms with E-state index in [1.165, 1.54) is 6.21 Å². The number of nitrogens with zero attached hydrogens (tertiary/aromatic N) is 2. The zero-order valence-corrected chi connectivity index (χ0v) is 12.8. The van der Waals surface area contributed by atoms with Crippen molar-refractivity contribution in [1.82, 2.24) is 5.43 Å². The first-order valence-corrected chi connectivity index (χ1v) is 6.94. The molecular formula is C15H12BrN3O2. The van der Waals surface area contributed by atoms with Crippen molar-refractivity contribution in [3.05, 3.63) is 46.1 Å². The number of nitrogens with one attached hydrogen (secondary N) is 1. The third kappa shape index (κ3) is 4.04. The SMILES string of the molecule is Cc1ccc(-c2ccc(C=NNC(=O)CC#N)o2)c(Br)c1. The van der Waals surface area contributed by atoms with Crippen molar-refractivity contribution < 1.29 is 9.21 Å². The highest BCUT2D eigenvalue weighted by Gasteiger charge is 2.07. The van der Waals surface area contributed by atoms with Crippen LogP contribution in [0.25, 0.3) is 11.3 Å². The molecular weight excluding hydrogens is 334 g/mol. The van der Waals surface area contributed by atoms with Crippen LogP contribution in [0.1, 0.15) is 17.7 Å². The standard InChI is InChI=1S/C15H12BrN3O2/c1-10-2-4-12(13(16)8-10)14-5-3-11(21-14)9-18-19-15(20)6-7-17/h2-5,8-9H,6H2,1H3,(H,19,20). The van der Waals surface area contributed by atoms with Crippen molar-refractivity contribution in [3.8, 4) is 17.4 Å². The van der Waals surface area contributed by atoms with Crippen LogP contribution in [-0.2, 0) is 4.79 Å². The van der Waals surface area contributed by atoms with Crippen LogP contribution in [0.2, 0.25) is 0 Å². The van der Waals surface area contributed by atoms with E-state index in [0.717, 1.165) is 15.6 Å². The summed E-state index contributed by atoms with van der Waals surface area (Å²) in [6, 6.07) is 11.3. The molecule has 1 aromatic carbocycles. The number of furan rings is 1. The van der Waals surface area contributed by atoms with E-state index in [1.54, 1.807) is 12.1 Å². The lowest BCUT2D eigenvalue weighted by Crippen LogP contribution is -2.15. The van der Waals surface area contributed by atoms with Crippen LogP contribution < -0.4 is 5.43 Å². The van der Waals surface area contributed by atoms with E-state index in [0.29, 0.717) is 11.5 Å². The molecule has 0 bridgehead atoms. The highest BCUT2D eigenvalue weighted by Crippen LogP contribution is 2.30. The van der Waals surface area contributed by atoms with Gasteiger partial charge >= 0.3 is 0 Å². The van der Waals surface area contributed by atoms with Crippen LogP contribution >= 0.6 is 15.9 Å². The molecule has 1 heterocycles. The summed E-state index contributed by atoms with van der Waals surface area (Å²) in [7, 11) is 0. The number of carbonyl (C=O) groups excluding carboxylic acids is 1. The van der Waals surface area contributed by atoms with Gasteiger partial charge in [0.05, 0.1) is 12.3 Å². The number of amides is 1. The molecule has 2 rings (SSSR count). The highest BCUT2D eigenvalue weighted by molar-refractivity contribution is 9.10. The lowest BCUT2D eigenvalue weighted by molar-refractivity contribution is -0.120. The van der Waals surface area contributed by atoms with Gasteiger partial charge in [0, 0.05) is 10.0 Å². The van der Waals surface area contributed by atoms with Gasteiger partial charge in [-0.3, -0.25) is 4.79 Å². The number of hydrogen-bond donors (Lipinski definition) is 1. The van der Waals surface area contributed by atoms with E-state index in [4.69, 9.17) is 9.68 Å². The molecule has 0 aliphatic carbocycles. The summed E-state index contributed by atoms with van der Waals surface area (Å²) >= 11 is 3.50. The minimum Gasteiger partial charge on any atom is -0.455 e. The van der Waals surface area contributed by atoms with Gasteiger partial charge in [0.1, 0.15) is 17.9 Å². The van der Waals surface area contributed by atoms with Crippen LogP contribution in [-0.4, -0.2) is 12.1 Å². The molecule has 5 nitrogen and oxygen atoms in total. The fourth-order valence-electron chi connectivity index (χ4n) is 1.67. The monoisotopic (exact) mass is 345 g/mol. The maximum absolute atomic E-state index is 11.1. The normalized spacial score (nSPS) is 10.5. The molecule has 0 unspecified atom stereocenters. The highest BCUT2D eigenvalue weighted by atomic mass is 79.9. The fourth-order valence-corrected chi connectivity index (χ4v) is 2.35. The second-order valence-electron chi connectivity index (χ2n) is 4.31. The van der Waals surface area contributed by atoms with E-state index >= 15 is 0 Å². The molecule has 1 amide bonds. The van der Waals surface area contributed by atoms with Crippen LogP contribution in [0, 0.1) is 18.3 Å². The first-order valence-electron chi connectivity index (χ1n) is 6.15. The topological polar surface area (TPSA) is 78.4 Å². The van der Waals surface area contributed by atoms with Gasteiger partial charge in [0.25, 0.3) is 5.91 Å². The second-order valence-corrected chi connectivity index (χ2v) is 5.17. The molecule has 1 N–H and O–H groups in total. The molecule has 106 valence electrons. The zero-order valence-electron chi connectivity index (χ0n) is 11.3. The Bertz CT molecular complexity index is 729. The Morgan fingerprint density at radius 2 is 2.29 bits per heavy atom. The van der Waals surface area contributed by atoms with Crippen LogP contribution in [0.15, 0.2) is 44.3 Å². The number of rotatable bonds is 4. The van der Waals surface area contributed by atoms with E-state index in [2.05, 4.69) is 26.5 Å². The molecule has 2 aromatic rings. The Morgan fingerprint density at radius 1 is 1.48 bits per heavy atom. The first-order chi connectivity index (χ1) is 10.1. The number of hydrazone groups is 1. The number of halogens is 1. The molecule has 1 aromatic heterocycles. The minimum absolute atomic E-state index is 0.225. The van der Waals surface area contributed by atoms with Crippen LogP contribution in [0.3, 0.4) is 0 Å². The second kappa shape index (κ2) is 6.86. The molecule has 0 saturated carbocycles. The molecule has 0 fully saturated rings. The lowest BCUT2D eigenvalue weighted by Gasteiger charge is -2.01. The van der Waals surface area contributed by atoms with Gasteiger partial charge in [-0.25, -0.2) is 5.43 Å². The predicted molar refractivity (Wildman–Crippen MR) is 82.5 cm³/mol. The van der Waals surface area contributed by atoms with Gasteiger partial charge in [0.2, 0.25) is 0 Å². The Kier molecular flexibility index (Phi) is 4.90. The molecule has 0 aliphatic rings. The third-order valence-electron chi connectivity index (χ3n) is 2.64. The summed E-state index contributed by atoms with van der Waals surface area (Å²) in [5.41, 5.74) is 4.33. The maximum Gasteiger partial charge on any atom is 0.254 e. The van der Waals surface area contributed by atoms with Gasteiger partial charge in [-0.05, 0) is 36.8 Å². The van der Waals surface area contributed by atoms with E-state index in [1.807, 2.05) is 31.2 Å². The van der Waals surface area contributed by atoms with Gasteiger partial charge in [-0.1, -0.05) is 22.0 Å². The smallest absolute Gasteiger partial charge is 0.254 e. The number of benzene rings is 1. The van der Waals surface area contributed by atoms with E-state index in [-0.39, 0.29) is 6.42 Å². The maximum atomic E-state index is 11.1. The molecule has 21 heavy (non-hydrogen) atoms. The summed E-state index contributed by atoms with van der Waals surface area (Å²) < 4.78 is 6.58. The Balaban J connectivity index is 2.10. The molecule has 0 atom stereocenters. The van der Waals surface area contributed by atoms with Crippen molar-refractivity contribution in [2.24, 2.45) is 5.10 Å². The van der Waals surface area contributed by atoms with Gasteiger partial charge < -0.3 is 4.42 Å². The largest absolute Gasteiger partial charge is 0.455 e. The quantitative estimate of drug-likeness (QED) is 0.681. The summed E-state index contributed by atoms with van der Waals surface area (Å²) in [4.78, 5) is 11.1. The number of aryl methyl sites for hydroxylation is 1. The van der Waals surface area contributed by atoms with Gasteiger partial charge in [0.15, 0.2) is 0 Å². The Hall–Kier alpha value is -2.39. The predicted octanol–water partition coefficient (Wildman–Crippen LogP) is 3.38. The lowest BCUT2D eigenvalue weighted by atomic mass is 10.1. The molecule has 0 aliphatic heterocycles. The average Bonchev–Trinajstić information content (AvgIpc) is 2.87.